The number of Topliss-reactive ketones (excluding diaryl/α,β-unsaturated/α-hetero) is 1. The van der Waals surface area contributed by atoms with E-state index in [2.05, 4.69) is 5.92 Å². The van der Waals surface area contributed by atoms with Gasteiger partial charge in [-0.25, -0.2) is 0 Å². The van der Waals surface area contributed by atoms with Gasteiger partial charge in [0.2, 0.25) is 0 Å². The number of phenols is 2. The maximum Gasteiger partial charge on any atom is 0.197 e. The Hall–Kier alpha value is -2.47. The number of hydrogen-bond donors (Lipinski definition) is 2. The van der Waals surface area contributed by atoms with E-state index >= 15 is 0 Å². The molecule has 3 nitrogen and oxygen atoms in total. The minimum atomic E-state index is -0.390. The van der Waals surface area contributed by atoms with E-state index in [1.54, 1.807) is 19.1 Å². The van der Waals surface area contributed by atoms with Crippen molar-refractivity contribution >= 4 is 5.78 Å². The Kier molecular flexibility index (Phi) is 4.13. The van der Waals surface area contributed by atoms with Crippen molar-refractivity contribution in [1.82, 2.24) is 0 Å². The maximum absolute atomic E-state index is 12.0. The summed E-state index contributed by atoms with van der Waals surface area (Å²) < 4.78 is 0. The molecule has 3 heteroatoms. The third-order valence-electron chi connectivity index (χ3n) is 2.07. The third kappa shape index (κ3) is 2.99. The second-order valence-electron chi connectivity index (χ2n) is 3.30. The number of allylic oxidation sites excluding steroid dienone is 4. The summed E-state index contributed by atoms with van der Waals surface area (Å²) in [6.45, 7) is 1.76. The fourth-order valence-corrected chi connectivity index (χ4v) is 1.33. The van der Waals surface area contributed by atoms with Crippen LogP contribution in [0.2, 0.25) is 0 Å². The van der Waals surface area contributed by atoms with E-state index in [-0.39, 0.29) is 17.1 Å². The van der Waals surface area contributed by atoms with Crippen LogP contribution < -0.4 is 0 Å². The van der Waals surface area contributed by atoms with Crippen molar-refractivity contribution < 1.29 is 15.0 Å². The molecule has 86 valence electrons. The van der Waals surface area contributed by atoms with E-state index in [1.165, 1.54) is 18.2 Å². The Labute approximate surface area is 99.7 Å². The summed E-state index contributed by atoms with van der Waals surface area (Å²) in [4.78, 5) is 12.0. The third-order valence-corrected chi connectivity index (χ3v) is 2.07. The number of terminal acetylenes is 1. The Balaban J connectivity index is 3.20. The lowest BCUT2D eigenvalue weighted by Crippen LogP contribution is -2.01. The number of phenolic OH excluding ortho intramolecular Hbond substituents is 2. The van der Waals surface area contributed by atoms with Gasteiger partial charge >= 0.3 is 0 Å². The lowest BCUT2D eigenvalue weighted by Gasteiger charge is -2.04. The number of hydrogen-bond acceptors (Lipinski definition) is 3. The van der Waals surface area contributed by atoms with Crippen LogP contribution in [0.25, 0.3) is 0 Å². The molecule has 0 aliphatic carbocycles. The number of benzene rings is 1. The quantitative estimate of drug-likeness (QED) is 0.361. The van der Waals surface area contributed by atoms with Crippen molar-refractivity contribution in [2.75, 3.05) is 0 Å². The molecule has 1 rings (SSSR count). The topological polar surface area (TPSA) is 57.5 Å². The van der Waals surface area contributed by atoms with Gasteiger partial charge in [-0.05, 0) is 25.1 Å². The van der Waals surface area contributed by atoms with Gasteiger partial charge in [-0.3, -0.25) is 4.79 Å². The number of rotatable bonds is 3. The number of ketones is 1. The zero-order valence-corrected chi connectivity index (χ0v) is 9.34. The van der Waals surface area contributed by atoms with Gasteiger partial charge in [0, 0.05) is 11.6 Å². The predicted octanol–water partition coefficient (Wildman–Crippen LogP) is 2.42. The minimum Gasteiger partial charge on any atom is -0.508 e. The molecule has 0 bridgehead atoms. The first kappa shape index (κ1) is 12.6. The minimum absolute atomic E-state index is 0.0994. The normalized spacial score (nSPS) is 11.4. The molecule has 2 N–H and O–H groups in total. The Morgan fingerprint density at radius 2 is 2.12 bits per heavy atom. The van der Waals surface area contributed by atoms with Crippen molar-refractivity contribution in [3.8, 4) is 23.8 Å². The zero-order valence-electron chi connectivity index (χ0n) is 9.34. The monoisotopic (exact) mass is 228 g/mol. The maximum atomic E-state index is 12.0. The predicted molar refractivity (Wildman–Crippen MR) is 65.8 cm³/mol. The summed E-state index contributed by atoms with van der Waals surface area (Å²) in [5.74, 6) is 1.50. The summed E-state index contributed by atoms with van der Waals surface area (Å²) in [5, 5.41) is 18.7. The first-order chi connectivity index (χ1) is 8.10. The highest BCUT2D eigenvalue weighted by molar-refractivity contribution is 6.12. The Morgan fingerprint density at radius 1 is 1.41 bits per heavy atom. The molecule has 0 saturated heterocycles. The van der Waals surface area contributed by atoms with E-state index in [4.69, 9.17) is 11.5 Å². The molecular weight excluding hydrogens is 216 g/mol. The SMILES string of the molecule is C#C/C=C(\C=C/C)C(=O)c1ccc(O)cc1O. The highest BCUT2D eigenvalue weighted by Gasteiger charge is 2.14. The smallest absolute Gasteiger partial charge is 0.197 e. The number of carbonyl (C=O) groups excluding carboxylic acids is 1. The largest absolute Gasteiger partial charge is 0.508 e. The molecule has 0 aromatic heterocycles. The average molecular weight is 228 g/mol. The number of carbonyl (C=O) groups is 1. The molecule has 0 saturated carbocycles. The van der Waals surface area contributed by atoms with Crippen LogP contribution in [-0.2, 0) is 0 Å². The van der Waals surface area contributed by atoms with Crippen LogP contribution in [0.15, 0.2) is 42.0 Å². The summed E-state index contributed by atoms with van der Waals surface area (Å²) in [6, 6.07) is 3.79. The molecule has 0 radical (unpaired) electrons. The zero-order chi connectivity index (χ0) is 12.8. The molecule has 0 fully saturated rings. The van der Waals surface area contributed by atoms with E-state index in [0.717, 1.165) is 6.07 Å². The lowest BCUT2D eigenvalue weighted by atomic mass is 10.0. The second-order valence-corrected chi connectivity index (χ2v) is 3.30. The fourth-order valence-electron chi connectivity index (χ4n) is 1.33. The van der Waals surface area contributed by atoms with Crippen LogP contribution >= 0.6 is 0 Å². The van der Waals surface area contributed by atoms with Crippen molar-refractivity contribution in [2.24, 2.45) is 0 Å². The van der Waals surface area contributed by atoms with Gasteiger partial charge in [-0.15, -0.1) is 6.42 Å². The van der Waals surface area contributed by atoms with Gasteiger partial charge in [0.25, 0.3) is 0 Å². The van der Waals surface area contributed by atoms with Crippen molar-refractivity contribution in [3.05, 3.63) is 47.6 Å². The van der Waals surface area contributed by atoms with Crippen molar-refractivity contribution in [1.29, 1.82) is 0 Å². The van der Waals surface area contributed by atoms with Crippen LogP contribution in [0.4, 0.5) is 0 Å². The average Bonchev–Trinajstić information content (AvgIpc) is 2.28. The van der Waals surface area contributed by atoms with Gasteiger partial charge in [0.05, 0.1) is 5.56 Å². The van der Waals surface area contributed by atoms with Crippen LogP contribution in [0, 0.1) is 12.3 Å². The lowest BCUT2D eigenvalue weighted by molar-refractivity contribution is 0.103. The van der Waals surface area contributed by atoms with Crippen LogP contribution in [0.5, 0.6) is 11.5 Å². The van der Waals surface area contributed by atoms with Gasteiger partial charge < -0.3 is 10.2 Å². The molecule has 0 unspecified atom stereocenters. The van der Waals surface area contributed by atoms with Gasteiger partial charge in [-0.2, -0.15) is 0 Å². The first-order valence-electron chi connectivity index (χ1n) is 4.95. The molecule has 0 spiro atoms. The highest BCUT2D eigenvalue weighted by Crippen LogP contribution is 2.25. The van der Waals surface area contributed by atoms with Gasteiger partial charge in [0.15, 0.2) is 5.78 Å². The second kappa shape index (κ2) is 5.57. The van der Waals surface area contributed by atoms with E-state index in [1.807, 2.05) is 0 Å². The Morgan fingerprint density at radius 3 is 2.65 bits per heavy atom. The van der Waals surface area contributed by atoms with Crippen molar-refractivity contribution in [2.45, 2.75) is 6.92 Å². The molecule has 0 aliphatic rings. The van der Waals surface area contributed by atoms with Gasteiger partial charge in [0.1, 0.15) is 11.5 Å². The molecule has 1 aromatic rings. The Bertz CT molecular complexity index is 531. The highest BCUT2D eigenvalue weighted by atomic mass is 16.3. The first-order valence-corrected chi connectivity index (χ1v) is 4.95. The molecular formula is C14H12O3. The van der Waals surface area contributed by atoms with E-state index < -0.39 is 5.78 Å². The van der Waals surface area contributed by atoms with Crippen molar-refractivity contribution in [3.63, 3.8) is 0 Å². The summed E-state index contributed by atoms with van der Waals surface area (Å²) in [7, 11) is 0. The van der Waals surface area contributed by atoms with E-state index in [0.29, 0.717) is 5.57 Å². The standard InChI is InChI=1S/C14H12O3/c1-3-5-10(6-4-2)14(17)12-8-7-11(15)9-13(12)16/h1,4-9,15-16H,2H3/b6-4-,10-5+. The van der Waals surface area contributed by atoms with Crippen LogP contribution in [0.3, 0.4) is 0 Å². The molecule has 17 heavy (non-hydrogen) atoms. The fraction of sp³-hybridized carbons (Fsp3) is 0.0714. The summed E-state index contributed by atoms with van der Waals surface area (Å²) >= 11 is 0. The van der Waals surface area contributed by atoms with Gasteiger partial charge in [-0.1, -0.05) is 18.1 Å². The van der Waals surface area contributed by atoms with Crippen LogP contribution in [0.1, 0.15) is 17.3 Å². The summed E-state index contributed by atoms with van der Waals surface area (Å²) in [6.07, 6.45) is 9.69. The molecule has 1 aromatic carbocycles. The molecule has 0 heterocycles. The molecule has 0 aliphatic heterocycles. The molecule has 0 amide bonds. The number of aromatic hydroxyl groups is 2. The van der Waals surface area contributed by atoms with E-state index in [9.17, 15) is 9.90 Å². The molecule has 0 atom stereocenters. The summed E-state index contributed by atoms with van der Waals surface area (Å²) in [5.41, 5.74) is 0.401. The van der Waals surface area contributed by atoms with Crippen LogP contribution in [-0.4, -0.2) is 16.0 Å².